The molecule has 1 saturated heterocycles. The van der Waals surface area contributed by atoms with Gasteiger partial charge in [-0.15, -0.1) is 0 Å². The Hall–Kier alpha value is -1.51. The third-order valence-corrected chi connectivity index (χ3v) is 3.41. The number of fused-ring (bicyclic) bond motifs is 3. The maximum atomic E-state index is 5.86. The second-order valence-corrected chi connectivity index (χ2v) is 4.59. The van der Waals surface area contributed by atoms with Crippen LogP contribution in [-0.4, -0.2) is 24.2 Å². The summed E-state index contributed by atoms with van der Waals surface area (Å²) in [5, 5.41) is 0. The van der Waals surface area contributed by atoms with Crippen LogP contribution in [0.15, 0.2) is 18.8 Å². The van der Waals surface area contributed by atoms with Crippen molar-refractivity contribution in [1.82, 2.24) is 4.98 Å². The molecule has 1 aromatic heterocycles. The summed E-state index contributed by atoms with van der Waals surface area (Å²) >= 11 is 0. The molecule has 0 radical (unpaired) electrons. The van der Waals surface area contributed by atoms with E-state index >= 15 is 0 Å². The Morgan fingerprint density at radius 1 is 1.62 bits per heavy atom. The first-order chi connectivity index (χ1) is 7.77. The molecule has 1 atom stereocenters. The number of aromatic nitrogens is 1. The molecule has 3 heterocycles. The second kappa shape index (κ2) is 3.51. The molecule has 0 saturated carbocycles. The molecule has 0 spiro atoms. The van der Waals surface area contributed by atoms with Crippen LogP contribution in [0.3, 0.4) is 0 Å². The van der Waals surface area contributed by atoms with E-state index in [-0.39, 0.29) is 0 Å². The first kappa shape index (κ1) is 9.70. The zero-order valence-electron chi connectivity index (χ0n) is 9.57. The predicted octanol–water partition coefficient (Wildman–Crippen LogP) is 2.48. The van der Waals surface area contributed by atoms with E-state index in [1.54, 1.807) is 0 Å². The topological polar surface area (TPSA) is 25.4 Å². The van der Waals surface area contributed by atoms with Crippen molar-refractivity contribution in [2.45, 2.75) is 25.8 Å². The van der Waals surface area contributed by atoms with Crippen molar-refractivity contribution >= 4 is 11.4 Å². The Morgan fingerprint density at radius 3 is 3.31 bits per heavy atom. The highest BCUT2D eigenvalue weighted by molar-refractivity contribution is 5.74. The second-order valence-electron chi connectivity index (χ2n) is 4.59. The summed E-state index contributed by atoms with van der Waals surface area (Å²) < 4.78 is 5.86. The van der Waals surface area contributed by atoms with Crippen LogP contribution in [0.2, 0.25) is 0 Å². The number of hydrogen-bond donors (Lipinski definition) is 0. The van der Waals surface area contributed by atoms with Gasteiger partial charge in [-0.25, -0.2) is 4.98 Å². The average Bonchev–Trinajstić information content (AvgIpc) is 2.76. The molecule has 3 nitrogen and oxygen atoms in total. The van der Waals surface area contributed by atoms with Gasteiger partial charge >= 0.3 is 0 Å². The fourth-order valence-electron chi connectivity index (χ4n) is 2.59. The lowest BCUT2D eigenvalue weighted by atomic mass is 10.1. The van der Waals surface area contributed by atoms with Crippen LogP contribution in [0.1, 0.15) is 25.3 Å². The maximum Gasteiger partial charge on any atom is 0.172 e. The Labute approximate surface area is 95.7 Å². The van der Waals surface area contributed by atoms with Gasteiger partial charge in [0.2, 0.25) is 0 Å². The van der Waals surface area contributed by atoms with E-state index in [9.17, 15) is 0 Å². The summed E-state index contributed by atoms with van der Waals surface area (Å²) in [5.74, 6) is 1.93. The summed E-state index contributed by atoms with van der Waals surface area (Å²) in [6.45, 7) is 7.90. The van der Waals surface area contributed by atoms with Gasteiger partial charge in [0.05, 0.1) is 6.04 Å². The van der Waals surface area contributed by atoms with Gasteiger partial charge in [0.25, 0.3) is 0 Å². The van der Waals surface area contributed by atoms with Gasteiger partial charge in [-0.3, -0.25) is 0 Å². The summed E-state index contributed by atoms with van der Waals surface area (Å²) in [5.41, 5.74) is 2.13. The van der Waals surface area contributed by atoms with Crippen LogP contribution >= 0.6 is 0 Å². The fraction of sp³-hybridized carbons (Fsp3) is 0.462. The quantitative estimate of drug-likeness (QED) is 0.721. The Bertz CT molecular complexity index is 442. The lowest BCUT2D eigenvalue weighted by Gasteiger charge is -2.33. The Balaban J connectivity index is 2.10. The Morgan fingerprint density at radius 2 is 2.50 bits per heavy atom. The van der Waals surface area contributed by atoms with Crippen LogP contribution in [0, 0.1) is 0 Å². The van der Waals surface area contributed by atoms with Crippen molar-refractivity contribution in [2.24, 2.45) is 0 Å². The van der Waals surface area contributed by atoms with Gasteiger partial charge in [0.1, 0.15) is 6.61 Å². The third kappa shape index (κ3) is 1.31. The van der Waals surface area contributed by atoms with Gasteiger partial charge < -0.3 is 9.64 Å². The summed E-state index contributed by atoms with van der Waals surface area (Å²) in [6, 6.07) is 2.51. The number of anilines is 1. The van der Waals surface area contributed by atoms with E-state index in [1.165, 1.54) is 12.8 Å². The van der Waals surface area contributed by atoms with Crippen molar-refractivity contribution in [3.05, 3.63) is 24.4 Å². The van der Waals surface area contributed by atoms with Crippen LogP contribution in [0.4, 0.5) is 5.82 Å². The fourth-order valence-corrected chi connectivity index (χ4v) is 2.59. The lowest BCUT2D eigenvalue weighted by Crippen LogP contribution is -2.39. The normalized spacial score (nSPS) is 22.3. The number of nitrogens with zero attached hydrogens (tertiary/aromatic N) is 2. The van der Waals surface area contributed by atoms with Gasteiger partial charge in [0, 0.05) is 18.3 Å². The molecular weight excluding hydrogens is 200 g/mol. The van der Waals surface area contributed by atoms with Gasteiger partial charge in [-0.2, -0.15) is 0 Å². The molecule has 0 N–H and O–H groups in total. The monoisotopic (exact) mass is 216 g/mol. The first-order valence-corrected chi connectivity index (χ1v) is 5.81. The molecule has 2 aliphatic rings. The van der Waals surface area contributed by atoms with Gasteiger partial charge in [-0.1, -0.05) is 6.58 Å². The molecule has 3 rings (SSSR count). The summed E-state index contributed by atoms with van der Waals surface area (Å²) in [4.78, 5) is 6.85. The van der Waals surface area contributed by atoms with E-state index < -0.39 is 0 Å². The van der Waals surface area contributed by atoms with Crippen molar-refractivity contribution in [2.75, 3.05) is 18.1 Å². The van der Waals surface area contributed by atoms with E-state index in [0.29, 0.717) is 6.04 Å². The predicted molar refractivity (Wildman–Crippen MR) is 64.8 cm³/mol. The zero-order chi connectivity index (χ0) is 11.1. The molecule has 1 fully saturated rings. The number of rotatable bonds is 1. The van der Waals surface area contributed by atoms with E-state index in [2.05, 4.69) is 16.5 Å². The largest absolute Gasteiger partial charge is 0.487 e. The van der Waals surface area contributed by atoms with Crippen molar-refractivity contribution < 1.29 is 4.74 Å². The number of ether oxygens (including phenoxy) is 1. The smallest absolute Gasteiger partial charge is 0.172 e. The van der Waals surface area contributed by atoms with E-state index in [1.807, 2.05) is 19.2 Å². The maximum absolute atomic E-state index is 5.86. The third-order valence-electron chi connectivity index (χ3n) is 3.41. The molecule has 0 amide bonds. The minimum atomic E-state index is 0.528. The molecule has 84 valence electrons. The summed E-state index contributed by atoms with van der Waals surface area (Å²) in [7, 11) is 0. The molecule has 1 unspecified atom stereocenters. The van der Waals surface area contributed by atoms with Gasteiger partial charge in [-0.05, 0) is 31.4 Å². The van der Waals surface area contributed by atoms with E-state index in [0.717, 1.165) is 35.9 Å². The van der Waals surface area contributed by atoms with Crippen LogP contribution in [0.5, 0.6) is 5.75 Å². The van der Waals surface area contributed by atoms with E-state index in [4.69, 9.17) is 4.74 Å². The SMILES string of the molecule is C=C(C)c1ccnc2c1OCC1CCCN21. The highest BCUT2D eigenvalue weighted by Crippen LogP contribution is 2.40. The van der Waals surface area contributed by atoms with Crippen molar-refractivity contribution in [1.29, 1.82) is 0 Å². The minimum Gasteiger partial charge on any atom is -0.487 e. The highest BCUT2D eigenvalue weighted by Gasteiger charge is 2.33. The molecular formula is C13H16N2O. The molecule has 0 bridgehead atoms. The van der Waals surface area contributed by atoms with Crippen LogP contribution < -0.4 is 9.64 Å². The molecule has 0 aliphatic carbocycles. The number of pyridine rings is 1. The minimum absolute atomic E-state index is 0.528. The lowest BCUT2D eigenvalue weighted by molar-refractivity contribution is 0.269. The van der Waals surface area contributed by atoms with Crippen LogP contribution in [0.25, 0.3) is 5.57 Å². The zero-order valence-corrected chi connectivity index (χ0v) is 9.57. The number of allylic oxidation sites excluding steroid dienone is 1. The van der Waals surface area contributed by atoms with Crippen molar-refractivity contribution in [3.63, 3.8) is 0 Å². The van der Waals surface area contributed by atoms with Crippen LogP contribution in [-0.2, 0) is 0 Å². The average molecular weight is 216 g/mol. The molecule has 3 heteroatoms. The summed E-state index contributed by atoms with van der Waals surface area (Å²) in [6.07, 6.45) is 4.32. The standard InChI is InChI=1S/C13H16N2O/c1-9(2)11-5-6-14-13-12(11)16-8-10-4-3-7-15(10)13/h5-6,10H,1,3-4,7-8H2,2H3. The molecule has 16 heavy (non-hydrogen) atoms. The van der Waals surface area contributed by atoms with Crippen molar-refractivity contribution in [3.8, 4) is 5.75 Å². The number of hydrogen-bond acceptors (Lipinski definition) is 3. The highest BCUT2D eigenvalue weighted by atomic mass is 16.5. The first-order valence-electron chi connectivity index (χ1n) is 5.81. The molecule has 0 aromatic carbocycles. The molecule has 2 aliphatic heterocycles. The Kier molecular flexibility index (Phi) is 2.13. The molecule has 1 aromatic rings. The van der Waals surface area contributed by atoms with Gasteiger partial charge in [0.15, 0.2) is 11.6 Å².